The standard InChI is InChI=1S/C23H27FN6O6/c1-11(2)15(27-23(34)35-9-12-6-4-3-5-7-12)17(31)18(32)19-13(24)8-14(36-19)30-10-26-16-20(30)28-22(25)29-21(16)33/h3-7,10-11,13-15,17,19,31H,8-9H2,1-2H3,(H,27,34)(H3,25,28,29,33)/t13-,14+,15-,17?,19-/m0/s1. The average molecular weight is 503 g/mol. The quantitative estimate of drug-likeness (QED) is 0.353. The van der Waals surface area contributed by atoms with Crippen LogP contribution in [0.1, 0.15) is 32.1 Å². The van der Waals surface area contributed by atoms with Gasteiger partial charge in [0, 0.05) is 6.42 Å². The van der Waals surface area contributed by atoms with Gasteiger partial charge in [0.2, 0.25) is 5.95 Å². The molecule has 192 valence electrons. The van der Waals surface area contributed by atoms with Crippen molar-refractivity contribution in [2.45, 2.75) is 57.5 Å². The van der Waals surface area contributed by atoms with Gasteiger partial charge in [0.25, 0.3) is 5.56 Å². The summed E-state index contributed by atoms with van der Waals surface area (Å²) in [5.74, 6) is -1.47. The number of ether oxygens (including phenoxy) is 2. The Labute approximate surface area is 204 Å². The summed E-state index contributed by atoms with van der Waals surface area (Å²) in [4.78, 5) is 47.6. The molecule has 1 aliphatic rings. The Morgan fingerprint density at radius 1 is 1.36 bits per heavy atom. The number of hydrogen-bond acceptors (Lipinski definition) is 9. The Morgan fingerprint density at radius 3 is 2.78 bits per heavy atom. The minimum Gasteiger partial charge on any atom is -0.445 e. The first-order valence-corrected chi connectivity index (χ1v) is 11.4. The van der Waals surface area contributed by atoms with Gasteiger partial charge in [-0.1, -0.05) is 44.2 Å². The zero-order valence-corrected chi connectivity index (χ0v) is 19.6. The molecule has 0 spiro atoms. The summed E-state index contributed by atoms with van der Waals surface area (Å²) in [5, 5.41) is 13.3. The van der Waals surface area contributed by atoms with Gasteiger partial charge in [-0.25, -0.2) is 14.2 Å². The molecule has 4 rings (SSSR count). The van der Waals surface area contributed by atoms with Gasteiger partial charge in [-0.3, -0.25) is 19.1 Å². The highest BCUT2D eigenvalue weighted by atomic mass is 19.1. The molecule has 36 heavy (non-hydrogen) atoms. The number of ketones is 1. The molecule has 3 heterocycles. The van der Waals surface area contributed by atoms with Crippen LogP contribution in [0.4, 0.5) is 15.1 Å². The van der Waals surface area contributed by atoms with Crippen molar-refractivity contribution in [1.29, 1.82) is 0 Å². The molecule has 3 aromatic rings. The Kier molecular flexibility index (Phi) is 7.31. The number of anilines is 1. The maximum Gasteiger partial charge on any atom is 0.407 e. The van der Waals surface area contributed by atoms with Gasteiger partial charge in [-0.15, -0.1) is 0 Å². The summed E-state index contributed by atoms with van der Waals surface area (Å²) in [6, 6.07) is 7.94. The zero-order valence-electron chi connectivity index (χ0n) is 19.6. The third kappa shape index (κ3) is 5.21. The number of carbonyl (C=O) groups is 2. The number of nitrogens with zero attached hydrogens (tertiary/aromatic N) is 3. The number of nitrogens with one attached hydrogen (secondary N) is 2. The molecule has 0 aliphatic carbocycles. The largest absolute Gasteiger partial charge is 0.445 e. The van der Waals surface area contributed by atoms with Crippen LogP contribution in [0.25, 0.3) is 11.2 Å². The molecule has 5 atom stereocenters. The van der Waals surface area contributed by atoms with Gasteiger partial charge >= 0.3 is 6.09 Å². The van der Waals surface area contributed by atoms with Crippen LogP contribution in [0.15, 0.2) is 41.5 Å². The first-order valence-electron chi connectivity index (χ1n) is 11.4. The van der Waals surface area contributed by atoms with E-state index in [1.54, 1.807) is 38.1 Å². The van der Waals surface area contributed by atoms with E-state index < -0.39 is 48.1 Å². The van der Waals surface area contributed by atoms with Crippen molar-refractivity contribution in [3.05, 3.63) is 52.6 Å². The maximum atomic E-state index is 14.9. The topological polar surface area (TPSA) is 174 Å². The summed E-state index contributed by atoms with van der Waals surface area (Å²) in [7, 11) is 0. The second kappa shape index (κ2) is 10.4. The summed E-state index contributed by atoms with van der Waals surface area (Å²) < 4.78 is 27.0. The number of alkyl halides is 1. The number of alkyl carbamates (subject to hydrolysis) is 1. The minimum absolute atomic E-state index is 0.00173. The lowest BCUT2D eigenvalue weighted by Gasteiger charge is -2.28. The molecule has 1 aromatic carbocycles. The minimum atomic E-state index is -1.76. The summed E-state index contributed by atoms with van der Waals surface area (Å²) >= 11 is 0. The lowest BCUT2D eigenvalue weighted by molar-refractivity contribution is -0.144. The van der Waals surface area contributed by atoms with Gasteiger partial charge in [0.1, 0.15) is 25.1 Å². The van der Waals surface area contributed by atoms with Crippen LogP contribution in [0.3, 0.4) is 0 Å². The van der Waals surface area contributed by atoms with Crippen LogP contribution in [0, 0.1) is 5.92 Å². The van der Waals surface area contributed by atoms with Crippen LogP contribution in [-0.4, -0.2) is 60.9 Å². The number of aliphatic hydroxyl groups is 1. The number of carbonyl (C=O) groups excluding carboxylic acids is 2. The van der Waals surface area contributed by atoms with Crippen LogP contribution < -0.4 is 16.6 Å². The molecule has 0 radical (unpaired) electrons. The number of aromatic nitrogens is 4. The highest BCUT2D eigenvalue weighted by Gasteiger charge is 2.46. The third-order valence-corrected chi connectivity index (χ3v) is 5.95. The van der Waals surface area contributed by atoms with E-state index in [0.29, 0.717) is 0 Å². The fourth-order valence-corrected chi connectivity index (χ4v) is 4.06. The lowest BCUT2D eigenvalue weighted by atomic mass is 9.92. The van der Waals surface area contributed by atoms with Gasteiger partial charge < -0.3 is 25.6 Å². The SMILES string of the molecule is CC(C)[C@H](NC(=O)OCc1ccccc1)C(O)C(=O)[C@H]1O[C@@H](n2cnc3c(=O)[nH]c(N)nc32)C[C@@H]1F. The second-order valence-corrected chi connectivity index (χ2v) is 8.86. The first-order chi connectivity index (χ1) is 17.2. The number of rotatable bonds is 8. The van der Waals surface area contributed by atoms with E-state index in [2.05, 4.69) is 20.3 Å². The molecule has 0 bridgehead atoms. The Morgan fingerprint density at radius 2 is 2.08 bits per heavy atom. The van der Waals surface area contributed by atoms with E-state index in [1.165, 1.54) is 10.9 Å². The number of Topliss-reactive ketones (excluding diaryl/α,β-unsaturated/α-hetero) is 1. The molecule has 1 amide bonds. The van der Waals surface area contributed by atoms with Crippen molar-refractivity contribution in [1.82, 2.24) is 24.8 Å². The average Bonchev–Trinajstić information content (AvgIpc) is 3.44. The van der Waals surface area contributed by atoms with Crippen LogP contribution in [0.5, 0.6) is 0 Å². The number of amides is 1. The van der Waals surface area contributed by atoms with Crippen molar-refractivity contribution in [3.8, 4) is 0 Å². The Bertz CT molecular complexity index is 1300. The van der Waals surface area contributed by atoms with E-state index in [-0.39, 0.29) is 36.1 Å². The highest BCUT2D eigenvalue weighted by Crippen LogP contribution is 2.33. The van der Waals surface area contributed by atoms with Gasteiger partial charge in [0.05, 0.1) is 12.4 Å². The highest BCUT2D eigenvalue weighted by molar-refractivity contribution is 5.89. The predicted molar refractivity (Wildman–Crippen MR) is 125 cm³/mol. The van der Waals surface area contributed by atoms with Crippen molar-refractivity contribution in [2.75, 3.05) is 5.73 Å². The van der Waals surface area contributed by atoms with Gasteiger partial charge in [0.15, 0.2) is 23.1 Å². The molecule has 13 heteroatoms. The fourth-order valence-electron chi connectivity index (χ4n) is 4.06. The molecular formula is C23H27FN6O6. The molecular weight excluding hydrogens is 475 g/mol. The van der Waals surface area contributed by atoms with Crippen LogP contribution in [-0.2, 0) is 20.9 Å². The van der Waals surface area contributed by atoms with E-state index in [1.807, 2.05) is 6.07 Å². The first kappa shape index (κ1) is 25.3. The third-order valence-electron chi connectivity index (χ3n) is 5.95. The molecule has 2 aromatic heterocycles. The van der Waals surface area contributed by atoms with Crippen molar-refractivity contribution in [3.63, 3.8) is 0 Å². The number of aliphatic hydroxyl groups excluding tert-OH is 1. The number of nitrogens with two attached hydrogens (primary N) is 1. The monoisotopic (exact) mass is 502 g/mol. The van der Waals surface area contributed by atoms with E-state index in [0.717, 1.165) is 5.56 Å². The number of benzene rings is 1. The lowest BCUT2D eigenvalue weighted by Crippen LogP contribution is -2.53. The molecule has 12 nitrogen and oxygen atoms in total. The normalized spacial score (nSPS) is 21.4. The molecule has 1 saturated heterocycles. The number of fused-ring (bicyclic) bond motifs is 1. The second-order valence-electron chi connectivity index (χ2n) is 8.86. The number of aromatic amines is 1. The van der Waals surface area contributed by atoms with Crippen molar-refractivity contribution in [2.24, 2.45) is 5.92 Å². The van der Waals surface area contributed by atoms with Crippen molar-refractivity contribution >= 4 is 29.0 Å². The maximum absolute atomic E-state index is 14.9. The molecule has 0 saturated carbocycles. The fraction of sp³-hybridized carbons (Fsp3) is 0.435. The Balaban J connectivity index is 1.43. The smallest absolute Gasteiger partial charge is 0.407 e. The van der Waals surface area contributed by atoms with Crippen LogP contribution >= 0.6 is 0 Å². The molecule has 5 N–H and O–H groups in total. The molecule has 1 unspecified atom stereocenters. The van der Waals surface area contributed by atoms with Crippen molar-refractivity contribution < 1.29 is 28.6 Å². The number of nitrogen functional groups attached to an aromatic ring is 1. The number of hydrogen-bond donors (Lipinski definition) is 4. The predicted octanol–water partition coefficient (Wildman–Crippen LogP) is 1.21. The van der Waals surface area contributed by atoms with Crippen LogP contribution in [0.2, 0.25) is 0 Å². The van der Waals surface area contributed by atoms with E-state index in [4.69, 9.17) is 15.2 Å². The van der Waals surface area contributed by atoms with E-state index in [9.17, 15) is 23.9 Å². The zero-order chi connectivity index (χ0) is 26.0. The number of imidazole rings is 1. The van der Waals surface area contributed by atoms with E-state index >= 15 is 0 Å². The van der Waals surface area contributed by atoms with Gasteiger partial charge in [-0.2, -0.15) is 4.98 Å². The summed E-state index contributed by atoms with van der Waals surface area (Å²) in [6.45, 7) is 3.38. The Hall–Kier alpha value is -3.84. The number of H-pyrrole nitrogens is 1. The van der Waals surface area contributed by atoms with Gasteiger partial charge in [-0.05, 0) is 11.5 Å². The molecule has 1 fully saturated rings. The summed E-state index contributed by atoms with van der Waals surface area (Å²) in [6.07, 6.45) is -5.97. The molecule has 1 aliphatic heterocycles. The summed E-state index contributed by atoms with van der Waals surface area (Å²) in [5.41, 5.74) is 5.85. The number of halogens is 1.